The second kappa shape index (κ2) is 7.79. The van der Waals surface area contributed by atoms with Gasteiger partial charge in [-0.1, -0.05) is 0 Å². The molecule has 0 spiro atoms. The van der Waals surface area contributed by atoms with Gasteiger partial charge >= 0.3 is 165 Å². The Morgan fingerprint density at radius 2 is 1.26 bits per heavy atom. The zero-order chi connectivity index (χ0) is 18.6. The van der Waals surface area contributed by atoms with Crippen LogP contribution in [0.3, 0.4) is 0 Å². The Kier molecular flexibility index (Phi) is 5.06. The first-order chi connectivity index (χ1) is 13.2. The van der Waals surface area contributed by atoms with E-state index in [1.54, 1.807) is 0 Å². The molecule has 0 aliphatic heterocycles. The third-order valence-electron chi connectivity index (χ3n) is 4.38. The van der Waals surface area contributed by atoms with E-state index >= 15 is 0 Å². The zero-order valence-electron chi connectivity index (χ0n) is 15.0. The monoisotopic (exact) mass is 417 g/mol. The van der Waals surface area contributed by atoms with E-state index in [1.165, 1.54) is 0 Å². The van der Waals surface area contributed by atoms with Crippen molar-refractivity contribution in [1.29, 1.82) is 0 Å². The van der Waals surface area contributed by atoms with E-state index in [4.69, 9.17) is 0 Å². The molecule has 0 bridgehead atoms. The zero-order valence-corrected chi connectivity index (χ0v) is 16.7. The van der Waals surface area contributed by atoms with E-state index in [2.05, 4.69) is 35.2 Å². The van der Waals surface area contributed by atoms with E-state index < -0.39 is 0 Å². The number of aryl methyl sites for hydroxylation is 1. The quantitative estimate of drug-likeness (QED) is 0.305. The van der Waals surface area contributed by atoms with Gasteiger partial charge in [0, 0.05) is 0 Å². The molecule has 0 unspecified atom stereocenters. The van der Waals surface area contributed by atoms with Crippen LogP contribution >= 0.6 is 0 Å². The molecule has 3 heteroatoms. The number of anilines is 3. The van der Waals surface area contributed by atoms with Crippen LogP contribution < -0.4 is 4.90 Å². The van der Waals surface area contributed by atoms with Crippen LogP contribution in [0.4, 0.5) is 15.9 Å². The Hall–Kier alpha value is -2.87. The van der Waals surface area contributed by atoms with Crippen molar-refractivity contribution in [3.8, 4) is 0 Å². The Morgan fingerprint density at radius 3 is 1.81 bits per heavy atom. The van der Waals surface area contributed by atoms with Crippen molar-refractivity contribution in [1.82, 2.24) is 0 Å². The average molecular weight is 416 g/mol. The molecule has 4 aromatic rings. The van der Waals surface area contributed by atoms with Gasteiger partial charge in [0.2, 0.25) is 0 Å². The van der Waals surface area contributed by atoms with Crippen molar-refractivity contribution in [3.05, 3.63) is 113 Å². The molecule has 4 rings (SSSR count). The third kappa shape index (κ3) is 3.80. The molecule has 1 aromatic heterocycles. The summed E-state index contributed by atoms with van der Waals surface area (Å²) in [6.45, 7) is 2.03. The number of hydrogen-bond donors (Lipinski definition) is 0. The molecule has 3 aromatic carbocycles. The average Bonchev–Trinajstić information content (AvgIpc) is 3.19. The predicted molar refractivity (Wildman–Crippen MR) is 113 cm³/mol. The maximum atomic E-state index is 12.9. The van der Waals surface area contributed by atoms with Gasteiger partial charge in [0.05, 0.1) is 0 Å². The Morgan fingerprint density at radius 1 is 0.704 bits per heavy atom. The topological polar surface area (TPSA) is 20.3 Å². The van der Waals surface area contributed by atoms with Gasteiger partial charge in [-0.2, -0.15) is 0 Å². The summed E-state index contributed by atoms with van der Waals surface area (Å²) >= 11 is -0.0480. The molecule has 0 saturated heterocycles. The van der Waals surface area contributed by atoms with E-state index in [0.717, 1.165) is 31.5 Å². The van der Waals surface area contributed by atoms with Crippen molar-refractivity contribution in [2.75, 3.05) is 4.90 Å². The van der Waals surface area contributed by atoms with Crippen LogP contribution in [-0.4, -0.2) is 20.3 Å². The molecule has 2 nitrogen and oxygen atoms in total. The number of para-hydroxylation sites is 2. The van der Waals surface area contributed by atoms with Gasteiger partial charge in [-0.3, -0.25) is 0 Å². The van der Waals surface area contributed by atoms with Crippen LogP contribution in [0, 0.1) is 6.92 Å². The summed E-state index contributed by atoms with van der Waals surface area (Å²) in [4.78, 5) is 15.1. The minimum atomic E-state index is -0.0480. The summed E-state index contributed by atoms with van der Waals surface area (Å²) < 4.78 is 2.05. The van der Waals surface area contributed by atoms with Crippen molar-refractivity contribution >= 4 is 36.2 Å². The molecular weight excluding hydrogens is 397 g/mol. The number of nitrogens with zero attached hydrogens (tertiary/aromatic N) is 1. The number of carbonyl (C=O) groups excluding carboxylic acids is 1. The van der Waals surface area contributed by atoms with Gasteiger partial charge in [0.25, 0.3) is 0 Å². The van der Waals surface area contributed by atoms with E-state index in [9.17, 15) is 4.79 Å². The fourth-order valence-corrected chi connectivity index (χ4v) is 5.09. The molecular formula is C24H19NOSe. The minimum absolute atomic E-state index is 0.0480. The summed E-state index contributed by atoms with van der Waals surface area (Å²) in [5.41, 5.74) is 4.13. The number of rotatable bonds is 5. The predicted octanol–water partition coefficient (Wildman–Crippen LogP) is 5.75. The molecule has 0 aliphatic rings. The van der Waals surface area contributed by atoms with E-state index in [0.29, 0.717) is 0 Å². The van der Waals surface area contributed by atoms with Gasteiger partial charge < -0.3 is 0 Å². The van der Waals surface area contributed by atoms with Crippen molar-refractivity contribution in [2.24, 2.45) is 0 Å². The van der Waals surface area contributed by atoms with Crippen molar-refractivity contribution in [2.45, 2.75) is 6.92 Å². The fourth-order valence-electron chi connectivity index (χ4n) is 2.97. The fraction of sp³-hybridized carbons (Fsp3) is 0.0417. The second-order valence-corrected chi connectivity index (χ2v) is 8.57. The molecule has 0 N–H and O–H groups in total. The van der Waals surface area contributed by atoms with E-state index in [-0.39, 0.29) is 20.3 Å². The van der Waals surface area contributed by atoms with Crippen molar-refractivity contribution < 1.29 is 4.79 Å². The molecule has 0 amide bonds. The van der Waals surface area contributed by atoms with Gasteiger partial charge in [0.1, 0.15) is 0 Å². The summed E-state index contributed by atoms with van der Waals surface area (Å²) in [5, 5.41) is 0. The molecule has 132 valence electrons. The first-order valence-electron chi connectivity index (χ1n) is 8.84. The molecule has 0 saturated carbocycles. The molecule has 0 radical (unpaired) electrons. The van der Waals surface area contributed by atoms with Gasteiger partial charge in [-0.25, -0.2) is 0 Å². The number of hydrogen-bond acceptors (Lipinski definition) is 2. The Balaban J connectivity index is 1.72. The normalized spacial score (nSPS) is 10.6. The van der Waals surface area contributed by atoms with E-state index in [1.807, 2.05) is 73.7 Å². The molecule has 1 heterocycles. The van der Waals surface area contributed by atoms with Gasteiger partial charge in [-0.05, 0) is 0 Å². The Labute approximate surface area is 165 Å². The summed E-state index contributed by atoms with van der Waals surface area (Å²) in [5.74, 6) is 0.127. The Bertz CT molecular complexity index is 997. The summed E-state index contributed by atoms with van der Waals surface area (Å²) in [6.07, 6.45) is 0. The molecule has 0 atom stereocenters. The first kappa shape index (κ1) is 17.5. The van der Waals surface area contributed by atoms with Crippen molar-refractivity contribution in [3.63, 3.8) is 0 Å². The van der Waals surface area contributed by atoms with Crippen LogP contribution in [-0.2, 0) is 0 Å². The molecule has 0 aliphatic carbocycles. The second-order valence-electron chi connectivity index (χ2n) is 6.34. The van der Waals surface area contributed by atoms with Crippen LogP contribution in [0.25, 0.3) is 0 Å². The van der Waals surface area contributed by atoms with Gasteiger partial charge in [-0.15, -0.1) is 0 Å². The van der Waals surface area contributed by atoms with Gasteiger partial charge in [0.15, 0.2) is 0 Å². The van der Waals surface area contributed by atoms with Crippen LogP contribution in [0.1, 0.15) is 20.4 Å². The summed E-state index contributed by atoms with van der Waals surface area (Å²) in [6, 6.07) is 32.5. The number of carbonyl (C=O) groups is 1. The number of ketones is 1. The van der Waals surface area contributed by atoms with Crippen LogP contribution in [0.5, 0.6) is 0 Å². The number of benzene rings is 3. The standard InChI is InChI=1S/C24H19NOSe/c1-18-12-14-19(15-13-18)24(26)22-16-17-23(27-22)25(20-8-4-2-5-9-20)21-10-6-3-7-11-21/h2-17H,1H3. The van der Waals surface area contributed by atoms with Crippen LogP contribution in [0.2, 0.25) is 0 Å². The maximum absolute atomic E-state index is 12.9. The SMILES string of the molecule is Cc1ccc(C(=O)c2ccc(N(c3ccccc3)c3ccccc3)[se]2)cc1. The summed E-state index contributed by atoms with van der Waals surface area (Å²) in [7, 11) is 0. The first-order valence-corrected chi connectivity index (χ1v) is 10.5. The third-order valence-corrected chi connectivity index (χ3v) is 6.62. The van der Waals surface area contributed by atoms with Crippen LogP contribution in [0.15, 0.2) is 97.1 Å². The molecule has 27 heavy (non-hydrogen) atoms. The molecule has 0 fully saturated rings.